The summed E-state index contributed by atoms with van der Waals surface area (Å²) in [5.41, 5.74) is 7.46. The van der Waals surface area contributed by atoms with Crippen molar-refractivity contribution in [2.75, 3.05) is 6.61 Å². The van der Waals surface area contributed by atoms with Gasteiger partial charge in [0.25, 0.3) is 0 Å². The molecule has 0 aromatic heterocycles. The Morgan fingerprint density at radius 2 is 2.08 bits per heavy atom. The van der Waals surface area contributed by atoms with E-state index >= 15 is 0 Å². The molecule has 134 valence electrons. The maximum absolute atomic E-state index is 13.3. The van der Waals surface area contributed by atoms with Crippen LogP contribution in [0.3, 0.4) is 0 Å². The van der Waals surface area contributed by atoms with E-state index in [1.807, 2.05) is 0 Å². The molecule has 0 saturated carbocycles. The summed E-state index contributed by atoms with van der Waals surface area (Å²) in [6, 6.07) is 9.20. The Morgan fingerprint density at radius 3 is 2.69 bits per heavy atom. The molecule has 1 aliphatic heterocycles. The Bertz CT molecular complexity index is 854. The number of nitriles is 1. The summed E-state index contributed by atoms with van der Waals surface area (Å²) in [5, 5.41) is 9.60. The first-order chi connectivity index (χ1) is 12.4. The van der Waals surface area contributed by atoms with Crippen molar-refractivity contribution in [1.29, 1.82) is 5.26 Å². The van der Waals surface area contributed by atoms with Crippen LogP contribution in [0.2, 0.25) is 0 Å². The number of rotatable bonds is 4. The number of hydrogen-bond donors (Lipinski definition) is 1. The molecular formula is C21H22N2O3. The van der Waals surface area contributed by atoms with Crippen molar-refractivity contribution < 1.29 is 14.3 Å². The van der Waals surface area contributed by atoms with Gasteiger partial charge in [0.2, 0.25) is 5.88 Å². The predicted molar refractivity (Wildman–Crippen MR) is 97.8 cm³/mol. The Kier molecular flexibility index (Phi) is 4.60. The van der Waals surface area contributed by atoms with Crippen LogP contribution in [0.1, 0.15) is 38.2 Å². The van der Waals surface area contributed by atoms with Gasteiger partial charge in [0.05, 0.1) is 5.92 Å². The van der Waals surface area contributed by atoms with E-state index in [0.717, 1.165) is 0 Å². The Morgan fingerprint density at radius 1 is 1.38 bits per heavy atom. The first-order valence-electron chi connectivity index (χ1n) is 8.54. The van der Waals surface area contributed by atoms with Crippen molar-refractivity contribution in [3.8, 4) is 11.8 Å². The van der Waals surface area contributed by atoms with Gasteiger partial charge in [-0.15, -0.1) is 0 Å². The first-order valence-corrected chi connectivity index (χ1v) is 8.54. The molecule has 26 heavy (non-hydrogen) atoms. The molecule has 5 heteroatoms. The summed E-state index contributed by atoms with van der Waals surface area (Å²) in [5.74, 6) is 0.416. The normalized spacial score (nSPS) is 21.6. The minimum Gasteiger partial charge on any atom is -0.490 e. The lowest BCUT2D eigenvalue weighted by atomic mass is 9.82. The third-order valence-electron chi connectivity index (χ3n) is 4.68. The number of carbonyl (C=O) groups excluding carboxylic acids is 1. The van der Waals surface area contributed by atoms with E-state index in [2.05, 4.69) is 26.5 Å². The van der Waals surface area contributed by atoms with E-state index < -0.39 is 5.92 Å². The second-order valence-corrected chi connectivity index (χ2v) is 7.38. The van der Waals surface area contributed by atoms with E-state index in [-0.39, 0.29) is 22.7 Å². The van der Waals surface area contributed by atoms with Crippen LogP contribution in [0.15, 0.2) is 59.7 Å². The molecule has 5 nitrogen and oxygen atoms in total. The van der Waals surface area contributed by atoms with Crippen LogP contribution in [-0.2, 0) is 9.53 Å². The van der Waals surface area contributed by atoms with Gasteiger partial charge in [-0.3, -0.25) is 4.79 Å². The quantitative estimate of drug-likeness (QED) is 0.837. The molecule has 0 saturated heterocycles. The Balaban J connectivity index is 2.01. The van der Waals surface area contributed by atoms with Crippen LogP contribution in [0.4, 0.5) is 0 Å². The molecule has 0 amide bonds. The molecule has 1 aliphatic carbocycles. The summed E-state index contributed by atoms with van der Waals surface area (Å²) < 4.78 is 11.2. The van der Waals surface area contributed by atoms with Gasteiger partial charge in [-0.05, 0) is 29.5 Å². The van der Waals surface area contributed by atoms with E-state index in [0.29, 0.717) is 42.1 Å². The van der Waals surface area contributed by atoms with E-state index in [1.165, 1.54) is 0 Å². The monoisotopic (exact) mass is 350 g/mol. The number of ketones is 1. The number of ether oxygens (including phenoxy) is 2. The van der Waals surface area contributed by atoms with Crippen LogP contribution < -0.4 is 10.5 Å². The molecular weight excluding hydrogens is 328 g/mol. The molecule has 0 radical (unpaired) electrons. The zero-order chi connectivity index (χ0) is 18.9. The third-order valence-corrected chi connectivity index (χ3v) is 4.68. The van der Waals surface area contributed by atoms with Gasteiger partial charge in [-0.2, -0.15) is 5.26 Å². The van der Waals surface area contributed by atoms with Crippen molar-refractivity contribution in [1.82, 2.24) is 0 Å². The smallest absolute Gasteiger partial charge is 0.205 e. The number of nitrogens with two attached hydrogens (primary N) is 1. The van der Waals surface area contributed by atoms with Crippen LogP contribution in [-0.4, -0.2) is 12.4 Å². The Labute approximate surface area is 153 Å². The molecule has 1 aromatic rings. The molecule has 3 rings (SSSR count). The maximum Gasteiger partial charge on any atom is 0.205 e. The molecule has 2 aliphatic rings. The molecule has 2 N–H and O–H groups in total. The van der Waals surface area contributed by atoms with Crippen molar-refractivity contribution in [2.24, 2.45) is 11.1 Å². The van der Waals surface area contributed by atoms with Crippen LogP contribution in [0.5, 0.6) is 5.75 Å². The fourth-order valence-corrected chi connectivity index (χ4v) is 3.49. The fourth-order valence-electron chi connectivity index (χ4n) is 3.49. The van der Waals surface area contributed by atoms with Crippen molar-refractivity contribution in [2.45, 2.75) is 32.6 Å². The fraction of sp³-hybridized carbons (Fsp3) is 0.333. The highest BCUT2D eigenvalue weighted by atomic mass is 16.5. The molecule has 1 atom stereocenters. The summed E-state index contributed by atoms with van der Waals surface area (Å²) in [6.07, 6.45) is 2.91. The standard InChI is InChI=1S/C21H22N2O3/c1-4-9-25-14-7-5-13(6-8-14)18-16(12-22)20(23)26-17-11-21(2,3)10-15(17)19(18)24/h4-8,18H,1,9-11,23H2,2-3H3. The largest absolute Gasteiger partial charge is 0.490 e. The topological polar surface area (TPSA) is 85.3 Å². The van der Waals surface area contributed by atoms with Crippen LogP contribution in [0.25, 0.3) is 0 Å². The minimum absolute atomic E-state index is 0.0144. The minimum atomic E-state index is -0.755. The van der Waals surface area contributed by atoms with Crippen molar-refractivity contribution >= 4 is 5.78 Å². The summed E-state index contributed by atoms with van der Waals surface area (Å²) >= 11 is 0. The summed E-state index contributed by atoms with van der Waals surface area (Å²) in [4.78, 5) is 13.3. The van der Waals surface area contributed by atoms with E-state index in [4.69, 9.17) is 15.2 Å². The highest BCUT2D eigenvalue weighted by Gasteiger charge is 2.42. The zero-order valence-corrected chi connectivity index (χ0v) is 15.0. The molecule has 0 bridgehead atoms. The van der Waals surface area contributed by atoms with Gasteiger partial charge in [-0.25, -0.2) is 0 Å². The van der Waals surface area contributed by atoms with Gasteiger partial charge in [0, 0.05) is 12.0 Å². The lowest BCUT2D eigenvalue weighted by Crippen LogP contribution is -2.19. The van der Waals surface area contributed by atoms with Crippen LogP contribution in [0, 0.1) is 16.7 Å². The summed E-state index contributed by atoms with van der Waals surface area (Å²) in [7, 11) is 0. The molecule has 0 fully saturated rings. The average Bonchev–Trinajstić information content (AvgIpc) is 2.87. The lowest BCUT2D eigenvalue weighted by molar-refractivity contribution is -0.116. The summed E-state index contributed by atoms with van der Waals surface area (Å²) in [6.45, 7) is 8.19. The van der Waals surface area contributed by atoms with Gasteiger partial charge in [0.1, 0.15) is 29.8 Å². The highest BCUT2D eigenvalue weighted by Crippen LogP contribution is 2.47. The number of hydrogen-bond acceptors (Lipinski definition) is 5. The molecule has 1 heterocycles. The van der Waals surface area contributed by atoms with Gasteiger partial charge in [-0.1, -0.05) is 38.6 Å². The van der Waals surface area contributed by atoms with Crippen LogP contribution >= 0.6 is 0 Å². The van der Waals surface area contributed by atoms with E-state index in [1.54, 1.807) is 30.3 Å². The average molecular weight is 350 g/mol. The predicted octanol–water partition coefficient (Wildman–Crippen LogP) is 3.70. The lowest BCUT2D eigenvalue weighted by Gasteiger charge is -2.20. The molecule has 0 spiro atoms. The van der Waals surface area contributed by atoms with E-state index in [9.17, 15) is 10.1 Å². The Hall–Kier alpha value is -3.00. The second-order valence-electron chi connectivity index (χ2n) is 7.38. The molecule has 1 aromatic carbocycles. The number of carbonyl (C=O) groups is 1. The van der Waals surface area contributed by atoms with Gasteiger partial charge >= 0.3 is 0 Å². The number of Topliss-reactive ketones (excluding diaryl/α,β-unsaturated/α-hetero) is 1. The number of allylic oxidation sites excluding steroid dienone is 3. The third kappa shape index (κ3) is 3.23. The number of nitrogens with zero attached hydrogens (tertiary/aromatic N) is 1. The SMILES string of the molecule is C=CCOc1ccc(C2C(=O)C3=C(CC(C)(C)C3)OC(N)=C2C#N)cc1. The van der Waals surface area contributed by atoms with Crippen molar-refractivity contribution in [3.63, 3.8) is 0 Å². The first kappa shape index (κ1) is 17.8. The molecule has 1 unspecified atom stereocenters. The maximum atomic E-state index is 13.3. The van der Waals surface area contributed by atoms with Gasteiger partial charge < -0.3 is 15.2 Å². The van der Waals surface area contributed by atoms with Crippen molar-refractivity contribution in [3.05, 3.63) is 65.3 Å². The van der Waals surface area contributed by atoms with Gasteiger partial charge in [0.15, 0.2) is 5.78 Å². The second kappa shape index (κ2) is 6.72. The number of benzene rings is 1. The zero-order valence-electron chi connectivity index (χ0n) is 15.0. The highest BCUT2D eigenvalue weighted by molar-refractivity contribution is 6.04.